The number of benzene rings is 2. The molecule has 1 amide bonds. The van der Waals surface area contributed by atoms with Crippen LogP contribution in [0.3, 0.4) is 0 Å². The number of carbonyl (C=O) groups excluding carboxylic acids is 1. The molecule has 0 radical (unpaired) electrons. The summed E-state index contributed by atoms with van der Waals surface area (Å²) in [4.78, 5) is 15.1. The van der Waals surface area contributed by atoms with Gasteiger partial charge in [-0.25, -0.2) is 12.8 Å². The molecule has 0 aliphatic carbocycles. The molecule has 30 heavy (non-hydrogen) atoms. The minimum Gasteiger partial charge on any atom is -0.350 e. The summed E-state index contributed by atoms with van der Waals surface area (Å²) in [6, 6.07) is 12.2. The number of likely N-dealkylation sites (tertiary alicyclic amines) is 1. The van der Waals surface area contributed by atoms with Crippen molar-refractivity contribution < 1.29 is 17.6 Å². The molecule has 1 aliphatic heterocycles. The van der Waals surface area contributed by atoms with Gasteiger partial charge in [0.2, 0.25) is 15.9 Å². The summed E-state index contributed by atoms with van der Waals surface area (Å²) >= 11 is 0. The van der Waals surface area contributed by atoms with E-state index in [9.17, 15) is 17.6 Å². The molecule has 1 N–H and O–H groups in total. The maximum atomic E-state index is 13.6. The predicted molar refractivity (Wildman–Crippen MR) is 116 cm³/mol. The SMILES string of the molecule is C[C@H](C(=O)NCc1ccc(CN2CCCC2)cc1)N(c1cccc(F)c1)S(C)(=O)=O. The first-order chi connectivity index (χ1) is 14.2. The molecule has 162 valence electrons. The van der Waals surface area contributed by atoms with E-state index >= 15 is 0 Å². The van der Waals surface area contributed by atoms with Gasteiger partial charge in [0.15, 0.2) is 0 Å². The molecule has 6 nitrogen and oxygen atoms in total. The number of nitrogens with zero attached hydrogens (tertiary/aromatic N) is 2. The summed E-state index contributed by atoms with van der Waals surface area (Å²) in [5.41, 5.74) is 2.28. The molecule has 1 atom stereocenters. The fourth-order valence-electron chi connectivity index (χ4n) is 3.72. The Bertz CT molecular complexity index is 973. The van der Waals surface area contributed by atoms with Crippen LogP contribution < -0.4 is 9.62 Å². The minimum absolute atomic E-state index is 0.117. The molecule has 2 aromatic rings. The van der Waals surface area contributed by atoms with E-state index in [1.165, 1.54) is 43.5 Å². The second-order valence-corrected chi connectivity index (χ2v) is 9.59. The number of hydrogen-bond acceptors (Lipinski definition) is 4. The lowest BCUT2D eigenvalue weighted by molar-refractivity contribution is -0.122. The second kappa shape index (κ2) is 9.57. The number of rotatable bonds is 8. The van der Waals surface area contributed by atoms with Crippen molar-refractivity contribution in [1.29, 1.82) is 0 Å². The van der Waals surface area contributed by atoms with E-state index in [1.54, 1.807) is 0 Å². The zero-order valence-corrected chi connectivity index (χ0v) is 18.2. The lowest BCUT2D eigenvalue weighted by atomic mass is 10.1. The van der Waals surface area contributed by atoms with Gasteiger partial charge in [0, 0.05) is 13.1 Å². The second-order valence-electron chi connectivity index (χ2n) is 7.73. The standard InChI is InChI=1S/C22H28FN3O3S/c1-17(26(30(2,28)29)21-7-5-6-20(23)14-21)22(27)24-15-18-8-10-19(11-9-18)16-25-12-3-4-13-25/h5-11,14,17H,3-4,12-13,15-16H2,1-2H3,(H,24,27)/t17-/m1/s1. The third kappa shape index (κ3) is 5.79. The van der Waals surface area contributed by atoms with Gasteiger partial charge in [-0.05, 0) is 62.2 Å². The Morgan fingerprint density at radius 2 is 1.77 bits per heavy atom. The number of amides is 1. The van der Waals surface area contributed by atoms with Gasteiger partial charge in [-0.2, -0.15) is 0 Å². The summed E-state index contributed by atoms with van der Waals surface area (Å²) in [6.45, 7) is 4.98. The van der Waals surface area contributed by atoms with Crippen LogP contribution in [-0.2, 0) is 27.9 Å². The van der Waals surface area contributed by atoms with E-state index in [0.717, 1.165) is 41.8 Å². The molecular formula is C22H28FN3O3S. The van der Waals surface area contributed by atoms with Crippen molar-refractivity contribution in [2.75, 3.05) is 23.7 Å². The van der Waals surface area contributed by atoms with Crippen molar-refractivity contribution in [3.05, 3.63) is 65.5 Å². The molecule has 0 saturated carbocycles. The Morgan fingerprint density at radius 3 is 2.37 bits per heavy atom. The van der Waals surface area contributed by atoms with Crippen molar-refractivity contribution >= 4 is 21.6 Å². The highest BCUT2D eigenvalue weighted by atomic mass is 32.2. The highest BCUT2D eigenvalue weighted by molar-refractivity contribution is 7.92. The first kappa shape index (κ1) is 22.2. The van der Waals surface area contributed by atoms with Gasteiger partial charge in [0.05, 0.1) is 11.9 Å². The van der Waals surface area contributed by atoms with Crippen LogP contribution in [0.15, 0.2) is 48.5 Å². The molecule has 0 bridgehead atoms. The quantitative estimate of drug-likeness (QED) is 0.695. The predicted octanol–water partition coefficient (Wildman–Crippen LogP) is 2.89. The van der Waals surface area contributed by atoms with E-state index in [-0.39, 0.29) is 12.2 Å². The van der Waals surface area contributed by atoms with Crippen molar-refractivity contribution in [2.45, 2.75) is 38.9 Å². The van der Waals surface area contributed by atoms with Crippen LogP contribution in [0, 0.1) is 5.82 Å². The molecule has 1 aliphatic rings. The van der Waals surface area contributed by atoms with E-state index in [1.807, 2.05) is 12.1 Å². The Labute approximate surface area is 177 Å². The number of anilines is 1. The Balaban J connectivity index is 1.62. The molecule has 3 rings (SSSR count). The molecule has 0 aromatic heterocycles. The number of carbonyl (C=O) groups is 1. The van der Waals surface area contributed by atoms with E-state index in [4.69, 9.17) is 0 Å². The Kier molecular flexibility index (Phi) is 7.10. The number of nitrogens with one attached hydrogen (secondary N) is 1. The van der Waals surface area contributed by atoms with Gasteiger partial charge in [-0.1, -0.05) is 30.3 Å². The highest BCUT2D eigenvalue weighted by Gasteiger charge is 2.29. The largest absolute Gasteiger partial charge is 0.350 e. The highest BCUT2D eigenvalue weighted by Crippen LogP contribution is 2.22. The van der Waals surface area contributed by atoms with Crippen molar-refractivity contribution in [1.82, 2.24) is 10.2 Å². The number of halogens is 1. The third-order valence-electron chi connectivity index (χ3n) is 5.25. The average molecular weight is 434 g/mol. The van der Waals surface area contributed by atoms with Gasteiger partial charge in [-0.15, -0.1) is 0 Å². The lowest BCUT2D eigenvalue weighted by Crippen LogP contribution is -2.47. The van der Waals surface area contributed by atoms with Crippen LogP contribution in [0.2, 0.25) is 0 Å². The monoisotopic (exact) mass is 433 g/mol. The lowest BCUT2D eigenvalue weighted by Gasteiger charge is -2.28. The zero-order valence-electron chi connectivity index (χ0n) is 17.3. The third-order valence-corrected chi connectivity index (χ3v) is 6.49. The van der Waals surface area contributed by atoms with Crippen LogP contribution in [0.1, 0.15) is 30.9 Å². The Morgan fingerprint density at radius 1 is 1.13 bits per heavy atom. The maximum Gasteiger partial charge on any atom is 0.243 e. The fourth-order valence-corrected chi connectivity index (χ4v) is 4.89. The molecular weight excluding hydrogens is 405 g/mol. The van der Waals surface area contributed by atoms with Crippen LogP contribution >= 0.6 is 0 Å². The molecule has 0 spiro atoms. The number of sulfonamides is 1. The normalized spacial score (nSPS) is 15.7. The average Bonchev–Trinajstić information content (AvgIpc) is 3.19. The van der Waals surface area contributed by atoms with Gasteiger partial charge >= 0.3 is 0 Å². The minimum atomic E-state index is -3.78. The first-order valence-corrected chi connectivity index (χ1v) is 11.9. The van der Waals surface area contributed by atoms with Crippen molar-refractivity contribution in [2.24, 2.45) is 0 Å². The maximum absolute atomic E-state index is 13.6. The molecule has 1 saturated heterocycles. The number of hydrogen-bond donors (Lipinski definition) is 1. The summed E-state index contributed by atoms with van der Waals surface area (Å²) in [6.07, 6.45) is 3.51. The van der Waals surface area contributed by atoms with E-state index in [2.05, 4.69) is 22.3 Å². The summed E-state index contributed by atoms with van der Waals surface area (Å²) in [5, 5.41) is 2.78. The van der Waals surface area contributed by atoms with Crippen LogP contribution in [0.4, 0.5) is 10.1 Å². The van der Waals surface area contributed by atoms with E-state index in [0.29, 0.717) is 0 Å². The van der Waals surface area contributed by atoms with Gasteiger partial charge in [0.1, 0.15) is 11.9 Å². The van der Waals surface area contributed by atoms with Crippen LogP contribution in [-0.4, -0.2) is 44.6 Å². The zero-order chi connectivity index (χ0) is 21.7. The fraction of sp³-hybridized carbons (Fsp3) is 0.409. The van der Waals surface area contributed by atoms with Crippen molar-refractivity contribution in [3.8, 4) is 0 Å². The first-order valence-electron chi connectivity index (χ1n) is 10.1. The van der Waals surface area contributed by atoms with Gasteiger partial charge < -0.3 is 5.32 Å². The summed E-state index contributed by atoms with van der Waals surface area (Å²) < 4.78 is 39.0. The van der Waals surface area contributed by atoms with Crippen LogP contribution in [0.5, 0.6) is 0 Å². The molecule has 2 aromatic carbocycles. The molecule has 0 unspecified atom stereocenters. The van der Waals surface area contributed by atoms with Gasteiger partial charge in [0.25, 0.3) is 0 Å². The van der Waals surface area contributed by atoms with Crippen LogP contribution in [0.25, 0.3) is 0 Å². The topological polar surface area (TPSA) is 69.7 Å². The molecule has 1 fully saturated rings. The van der Waals surface area contributed by atoms with Gasteiger partial charge in [-0.3, -0.25) is 14.0 Å². The van der Waals surface area contributed by atoms with E-state index < -0.39 is 27.8 Å². The Hall–Kier alpha value is -2.45. The smallest absolute Gasteiger partial charge is 0.243 e. The van der Waals surface area contributed by atoms with Crippen molar-refractivity contribution in [3.63, 3.8) is 0 Å². The summed E-state index contributed by atoms with van der Waals surface area (Å²) in [5.74, 6) is -1.02. The summed E-state index contributed by atoms with van der Waals surface area (Å²) in [7, 11) is -3.78. The molecule has 8 heteroatoms. The molecule has 1 heterocycles.